The maximum absolute atomic E-state index is 2.57. The maximum atomic E-state index is 2.57. The molecular weight excluding hydrogens is 319 g/mol. The van der Waals surface area contributed by atoms with Crippen LogP contribution in [0, 0.1) is 0 Å². The third-order valence-electron chi connectivity index (χ3n) is 4.78. The number of rotatable bonds is 3. The van der Waals surface area contributed by atoms with Crippen molar-refractivity contribution in [1.82, 2.24) is 0 Å². The molecule has 0 bridgehead atoms. The summed E-state index contributed by atoms with van der Waals surface area (Å²) < 4.78 is 1.47. The van der Waals surface area contributed by atoms with Crippen LogP contribution in [-0.2, 0) is 14.5 Å². The first kappa shape index (κ1) is 14.3. The van der Waals surface area contributed by atoms with Crippen LogP contribution in [0.1, 0.15) is 31.5 Å². The van der Waals surface area contributed by atoms with E-state index in [1.807, 2.05) is 0 Å². The first-order chi connectivity index (χ1) is 10.8. The van der Waals surface area contributed by atoms with Crippen LogP contribution in [0.3, 0.4) is 0 Å². The van der Waals surface area contributed by atoms with Crippen LogP contribution < -0.4 is 0 Å². The number of allylic oxidation sites excluding steroid dienone is 2. The van der Waals surface area contributed by atoms with E-state index in [0.717, 1.165) is 9.26 Å². The van der Waals surface area contributed by atoms with Crippen LogP contribution in [0.15, 0.2) is 60.7 Å². The minimum absolute atomic E-state index is 0.666. The zero-order valence-corrected chi connectivity index (χ0v) is 15.7. The summed E-state index contributed by atoms with van der Waals surface area (Å²) in [5, 5.41) is 0. The van der Waals surface area contributed by atoms with Gasteiger partial charge in [0.1, 0.15) is 0 Å². The molecule has 2 atom stereocenters. The SMILES string of the molecule is C[SiH](C)[V]([CH]1C=Cc2ccccc21)[CH]1C=Cc2ccccc21. The fourth-order valence-electron chi connectivity index (χ4n) is 3.80. The summed E-state index contributed by atoms with van der Waals surface area (Å²) in [6.07, 6.45) is 9.77. The van der Waals surface area contributed by atoms with Gasteiger partial charge in [-0.2, -0.15) is 0 Å². The Balaban J connectivity index is 1.76. The van der Waals surface area contributed by atoms with Gasteiger partial charge in [-0.25, -0.2) is 0 Å². The molecule has 0 spiro atoms. The molecule has 4 rings (SSSR count). The molecule has 0 saturated heterocycles. The van der Waals surface area contributed by atoms with E-state index in [0.29, 0.717) is 0 Å². The average Bonchev–Trinajstić information content (AvgIpc) is 3.13. The van der Waals surface area contributed by atoms with Crippen molar-refractivity contribution in [3.8, 4) is 0 Å². The van der Waals surface area contributed by atoms with Gasteiger partial charge < -0.3 is 0 Å². The minimum atomic E-state index is -1.00. The van der Waals surface area contributed by atoms with E-state index in [1.54, 1.807) is 11.1 Å². The summed E-state index contributed by atoms with van der Waals surface area (Å²) in [5.74, 6) is 0. The van der Waals surface area contributed by atoms with Crippen molar-refractivity contribution in [2.24, 2.45) is 0 Å². The van der Waals surface area contributed by atoms with Crippen molar-refractivity contribution in [2.75, 3.05) is 0 Å². The van der Waals surface area contributed by atoms with E-state index in [9.17, 15) is 0 Å². The Morgan fingerprint density at radius 2 is 1.18 bits per heavy atom. The molecule has 0 nitrogen and oxygen atoms in total. The molecule has 2 heteroatoms. The Morgan fingerprint density at radius 1 is 0.727 bits per heavy atom. The first-order valence-electron chi connectivity index (χ1n) is 8.07. The Bertz CT molecular complexity index is 698. The van der Waals surface area contributed by atoms with Crippen molar-refractivity contribution in [1.29, 1.82) is 0 Å². The molecule has 0 N–H and O–H groups in total. The molecule has 2 aliphatic carbocycles. The first-order valence-corrected chi connectivity index (χ1v) is 14.9. The molecule has 0 amide bonds. The summed E-state index contributed by atoms with van der Waals surface area (Å²) in [7, 11) is -0.666. The normalized spacial score (nSPS) is 21.6. The number of benzene rings is 2. The van der Waals surface area contributed by atoms with Gasteiger partial charge in [-0.05, 0) is 0 Å². The third kappa shape index (κ3) is 2.29. The van der Waals surface area contributed by atoms with Crippen molar-refractivity contribution in [3.63, 3.8) is 0 Å². The molecule has 2 unspecified atom stereocenters. The van der Waals surface area contributed by atoms with Crippen molar-refractivity contribution in [2.45, 2.75) is 22.4 Å². The van der Waals surface area contributed by atoms with Gasteiger partial charge in [0.15, 0.2) is 0 Å². The third-order valence-corrected chi connectivity index (χ3v) is 17.6. The second kappa shape index (κ2) is 5.73. The number of hydrogen-bond acceptors (Lipinski definition) is 0. The monoisotopic (exact) mass is 340 g/mol. The molecule has 0 heterocycles. The van der Waals surface area contributed by atoms with Crippen molar-refractivity contribution in [3.05, 3.63) is 82.9 Å². The van der Waals surface area contributed by atoms with Gasteiger partial charge in [0.25, 0.3) is 0 Å². The van der Waals surface area contributed by atoms with Crippen molar-refractivity contribution >= 4 is 19.3 Å². The summed E-state index contributed by atoms with van der Waals surface area (Å²) >= 11 is -1.00. The topological polar surface area (TPSA) is 0 Å². The molecule has 2 aromatic carbocycles. The second-order valence-electron chi connectivity index (χ2n) is 6.41. The fraction of sp³-hybridized carbons (Fsp3) is 0.200. The zero-order chi connectivity index (χ0) is 15.1. The van der Waals surface area contributed by atoms with Crippen LogP contribution in [0.2, 0.25) is 13.1 Å². The van der Waals surface area contributed by atoms with Crippen LogP contribution in [-0.4, -0.2) is 7.17 Å². The molecule has 0 fully saturated rings. The van der Waals surface area contributed by atoms with Gasteiger partial charge in [-0.15, -0.1) is 0 Å². The Kier molecular flexibility index (Phi) is 3.73. The molecule has 0 saturated carbocycles. The van der Waals surface area contributed by atoms with E-state index < -0.39 is 21.7 Å². The van der Waals surface area contributed by atoms with Crippen LogP contribution in [0.4, 0.5) is 0 Å². The standard InChI is InChI=1S/2C9H7.C2H7Si.V/c2*1-2-5-9-7-3-6-8(9)4-1;1-3-2;/h2*1-7H;3H,1-2H3;. The van der Waals surface area contributed by atoms with E-state index in [1.165, 1.54) is 11.1 Å². The summed E-state index contributed by atoms with van der Waals surface area (Å²) in [5.41, 5.74) is 6.11. The van der Waals surface area contributed by atoms with E-state index in [-0.39, 0.29) is 0 Å². The second-order valence-corrected chi connectivity index (χ2v) is 19.0. The van der Waals surface area contributed by atoms with E-state index >= 15 is 0 Å². The predicted molar refractivity (Wildman–Crippen MR) is 95.3 cm³/mol. The van der Waals surface area contributed by atoms with Gasteiger partial charge >= 0.3 is 139 Å². The quantitative estimate of drug-likeness (QED) is 0.680. The van der Waals surface area contributed by atoms with Crippen LogP contribution in [0.5, 0.6) is 0 Å². The molecule has 0 radical (unpaired) electrons. The Morgan fingerprint density at radius 3 is 1.64 bits per heavy atom. The summed E-state index contributed by atoms with van der Waals surface area (Å²) in [6, 6.07) is 18.0. The molecule has 2 aromatic rings. The zero-order valence-electron chi connectivity index (χ0n) is 13.1. The van der Waals surface area contributed by atoms with Gasteiger partial charge in [0, 0.05) is 0 Å². The summed E-state index contributed by atoms with van der Waals surface area (Å²) in [4.78, 5) is 0. The average molecular weight is 340 g/mol. The van der Waals surface area contributed by atoms with Crippen LogP contribution >= 0.6 is 0 Å². The van der Waals surface area contributed by atoms with E-state index in [4.69, 9.17) is 0 Å². The molecule has 2 aliphatic rings. The molecule has 110 valence electrons. The Labute approximate surface area is 139 Å². The van der Waals surface area contributed by atoms with Gasteiger partial charge in [-0.1, -0.05) is 0 Å². The predicted octanol–water partition coefficient (Wildman–Crippen LogP) is 5.12. The van der Waals surface area contributed by atoms with Crippen molar-refractivity contribution < 1.29 is 14.5 Å². The molecule has 0 aromatic heterocycles. The van der Waals surface area contributed by atoms with Crippen LogP contribution in [0.25, 0.3) is 12.2 Å². The van der Waals surface area contributed by atoms with E-state index in [2.05, 4.69) is 85.9 Å². The number of hydrogen-bond donors (Lipinski definition) is 0. The molecular formula is C20H21SiV. The van der Waals surface area contributed by atoms with Gasteiger partial charge in [0.05, 0.1) is 0 Å². The summed E-state index contributed by atoms with van der Waals surface area (Å²) in [6.45, 7) is 5.15. The molecule has 22 heavy (non-hydrogen) atoms. The molecule has 0 aliphatic heterocycles. The van der Waals surface area contributed by atoms with Gasteiger partial charge in [-0.3, -0.25) is 0 Å². The van der Waals surface area contributed by atoms with Gasteiger partial charge in [0.2, 0.25) is 0 Å². The fourth-order valence-corrected chi connectivity index (χ4v) is 16.4. The number of fused-ring (bicyclic) bond motifs is 2. The Hall–Kier alpha value is -1.28.